The molecule has 22 heavy (non-hydrogen) atoms. The highest BCUT2D eigenvalue weighted by molar-refractivity contribution is 5.96. The molecule has 120 valence electrons. The van der Waals surface area contributed by atoms with Gasteiger partial charge in [-0.05, 0) is 31.7 Å². The van der Waals surface area contributed by atoms with Crippen molar-refractivity contribution < 1.29 is 19.1 Å². The number of amides is 3. The van der Waals surface area contributed by atoms with Gasteiger partial charge in [0, 0.05) is 13.6 Å². The van der Waals surface area contributed by atoms with Gasteiger partial charge in [-0.3, -0.25) is 15.0 Å². The van der Waals surface area contributed by atoms with Crippen LogP contribution >= 0.6 is 0 Å². The first kappa shape index (κ1) is 16.1. The van der Waals surface area contributed by atoms with Crippen molar-refractivity contribution in [2.45, 2.75) is 19.5 Å². The number of nitrogens with zero attached hydrogens (tertiary/aromatic N) is 1. The zero-order chi connectivity index (χ0) is 16.1. The number of carbonyl (C=O) groups is 2. The van der Waals surface area contributed by atoms with Crippen LogP contribution in [-0.2, 0) is 11.3 Å². The predicted octanol–water partition coefficient (Wildman–Crippen LogP) is 0.734. The lowest BCUT2D eigenvalue weighted by molar-refractivity contribution is -0.124. The summed E-state index contributed by atoms with van der Waals surface area (Å²) in [5, 5.41) is 4.62. The minimum absolute atomic E-state index is 0.348. The third kappa shape index (κ3) is 3.88. The van der Waals surface area contributed by atoms with Crippen LogP contribution in [0.15, 0.2) is 18.2 Å². The highest BCUT2D eigenvalue weighted by Crippen LogP contribution is 2.31. The molecule has 0 aliphatic carbocycles. The Bertz CT molecular complexity index is 562. The Morgan fingerprint density at radius 1 is 1.27 bits per heavy atom. The van der Waals surface area contributed by atoms with Crippen molar-refractivity contribution in [3.63, 3.8) is 0 Å². The van der Waals surface area contributed by atoms with E-state index in [1.165, 1.54) is 7.05 Å². The maximum Gasteiger partial charge on any atom is 0.321 e. The van der Waals surface area contributed by atoms with E-state index in [1.54, 1.807) is 6.92 Å². The third-order valence-corrected chi connectivity index (χ3v) is 3.54. The van der Waals surface area contributed by atoms with Crippen molar-refractivity contribution in [3.05, 3.63) is 23.8 Å². The smallest absolute Gasteiger partial charge is 0.321 e. The fraction of sp³-hybridized carbons (Fsp3) is 0.467. The summed E-state index contributed by atoms with van der Waals surface area (Å²) in [6.45, 7) is 3.40. The van der Waals surface area contributed by atoms with Crippen LogP contribution in [0.3, 0.4) is 0 Å². The molecular weight excluding hydrogens is 286 g/mol. The van der Waals surface area contributed by atoms with Crippen LogP contribution in [0.4, 0.5) is 4.79 Å². The summed E-state index contributed by atoms with van der Waals surface area (Å²) in [5.74, 6) is 1.11. The summed E-state index contributed by atoms with van der Waals surface area (Å²) in [4.78, 5) is 24.9. The van der Waals surface area contributed by atoms with E-state index in [1.807, 2.05) is 30.1 Å². The standard InChI is InChI=1S/C15H21N3O4/c1-10(14(19)17-15(20)16-2)18(3)9-11-4-5-12-13(8-11)22-7-6-21-12/h4-5,8,10H,6-7,9H2,1-3H3,(H2,16,17,19,20). The van der Waals surface area contributed by atoms with Crippen LogP contribution in [0.5, 0.6) is 11.5 Å². The summed E-state index contributed by atoms with van der Waals surface area (Å²) >= 11 is 0. The first-order valence-corrected chi connectivity index (χ1v) is 7.12. The van der Waals surface area contributed by atoms with E-state index in [4.69, 9.17) is 9.47 Å². The molecule has 1 heterocycles. The van der Waals surface area contributed by atoms with E-state index in [2.05, 4.69) is 10.6 Å². The van der Waals surface area contributed by atoms with Crippen LogP contribution in [0.25, 0.3) is 0 Å². The van der Waals surface area contributed by atoms with Gasteiger partial charge in [-0.25, -0.2) is 4.79 Å². The molecule has 1 unspecified atom stereocenters. The summed E-state index contributed by atoms with van der Waals surface area (Å²) < 4.78 is 11.0. The maximum absolute atomic E-state index is 11.9. The van der Waals surface area contributed by atoms with Gasteiger partial charge in [0.25, 0.3) is 0 Å². The van der Waals surface area contributed by atoms with E-state index in [9.17, 15) is 9.59 Å². The maximum atomic E-state index is 11.9. The number of ether oxygens (including phenoxy) is 2. The molecule has 0 saturated heterocycles. The Balaban J connectivity index is 1.97. The quantitative estimate of drug-likeness (QED) is 0.857. The zero-order valence-corrected chi connectivity index (χ0v) is 13.0. The molecule has 3 amide bonds. The molecule has 2 rings (SSSR count). The monoisotopic (exact) mass is 307 g/mol. The van der Waals surface area contributed by atoms with Gasteiger partial charge in [-0.1, -0.05) is 6.07 Å². The molecular formula is C15H21N3O4. The molecule has 7 heteroatoms. The number of nitrogens with one attached hydrogen (secondary N) is 2. The second kappa shape index (κ2) is 7.13. The first-order valence-electron chi connectivity index (χ1n) is 7.12. The molecule has 0 saturated carbocycles. The van der Waals surface area contributed by atoms with Crippen LogP contribution in [0.2, 0.25) is 0 Å². The van der Waals surface area contributed by atoms with E-state index < -0.39 is 12.1 Å². The summed E-state index contributed by atoms with van der Waals surface area (Å²) in [6, 6.07) is 4.77. The Morgan fingerprint density at radius 3 is 2.64 bits per heavy atom. The SMILES string of the molecule is CNC(=O)NC(=O)C(C)N(C)Cc1ccc2c(c1)OCCO2. The number of urea groups is 1. The van der Waals surface area contributed by atoms with Crippen LogP contribution in [0, 0.1) is 0 Å². The van der Waals surface area contributed by atoms with Gasteiger partial charge >= 0.3 is 6.03 Å². The average molecular weight is 307 g/mol. The number of carbonyl (C=O) groups excluding carboxylic acids is 2. The summed E-state index contributed by atoms with van der Waals surface area (Å²) in [7, 11) is 3.29. The second-order valence-electron chi connectivity index (χ2n) is 5.14. The minimum Gasteiger partial charge on any atom is -0.486 e. The van der Waals surface area contributed by atoms with Gasteiger partial charge in [-0.15, -0.1) is 0 Å². The molecule has 0 spiro atoms. The number of likely N-dealkylation sites (N-methyl/N-ethyl adjacent to an activating group) is 1. The van der Waals surface area contributed by atoms with E-state index >= 15 is 0 Å². The molecule has 0 fully saturated rings. The number of benzene rings is 1. The normalized spacial score (nSPS) is 14.4. The summed E-state index contributed by atoms with van der Waals surface area (Å²) in [5.41, 5.74) is 1.01. The molecule has 2 N–H and O–H groups in total. The van der Waals surface area contributed by atoms with E-state index in [0.29, 0.717) is 19.8 Å². The highest BCUT2D eigenvalue weighted by Gasteiger charge is 2.20. The topological polar surface area (TPSA) is 79.9 Å². The lowest BCUT2D eigenvalue weighted by Gasteiger charge is -2.24. The second-order valence-corrected chi connectivity index (χ2v) is 5.14. The molecule has 1 aromatic carbocycles. The Morgan fingerprint density at radius 2 is 1.95 bits per heavy atom. The van der Waals surface area contributed by atoms with E-state index in [-0.39, 0.29) is 5.91 Å². The predicted molar refractivity (Wildman–Crippen MR) is 81.0 cm³/mol. The van der Waals surface area contributed by atoms with Crippen molar-refractivity contribution in [1.82, 2.24) is 15.5 Å². The largest absolute Gasteiger partial charge is 0.486 e. The van der Waals surface area contributed by atoms with Crippen LogP contribution in [-0.4, -0.2) is 50.2 Å². The molecule has 1 atom stereocenters. The molecule has 1 aromatic rings. The molecule has 0 radical (unpaired) electrons. The van der Waals surface area contributed by atoms with Crippen molar-refractivity contribution >= 4 is 11.9 Å². The minimum atomic E-state index is -0.510. The third-order valence-electron chi connectivity index (χ3n) is 3.54. The fourth-order valence-electron chi connectivity index (χ4n) is 2.09. The van der Waals surface area contributed by atoms with Crippen LogP contribution < -0.4 is 20.1 Å². The molecule has 1 aliphatic rings. The first-order chi connectivity index (χ1) is 10.5. The molecule has 0 bridgehead atoms. The fourth-order valence-corrected chi connectivity index (χ4v) is 2.09. The number of fused-ring (bicyclic) bond motifs is 1. The number of hydrogen-bond donors (Lipinski definition) is 2. The van der Waals surface area contributed by atoms with Gasteiger partial charge in [-0.2, -0.15) is 0 Å². The van der Waals surface area contributed by atoms with Gasteiger partial charge in [0.2, 0.25) is 5.91 Å². The van der Waals surface area contributed by atoms with Gasteiger partial charge in [0.05, 0.1) is 6.04 Å². The van der Waals surface area contributed by atoms with Gasteiger partial charge in [0.15, 0.2) is 11.5 Å². The number of rotatable bonds is 4. The van der Waals surface area contributed by atoms with Crippen molar-refractivity contribution in [2.75, 3.05) is 27.3 Å². The lowest BCUT2D eigenvalue weighted by atomic mass is 10.1. The lowest BCUT2D eigenvalue weighted by Crippen LogP contribution is -2.47. The highest BCUT2D eigenvalue weighted by atomic mass is 16.6. The number of imide groups is 1. The summed E-state index contributed by atoms with van der Waals surface area (Å²) in [6.07, 6.45) is 0. The molecule has 7 nitrogen and oxygen atoms in total. The number of hydrogen-bond acceptors (Lipinski definition) is 5. The average Bonchev–Trinajstić information content (AvgIpc) is 2.53. The zero-order valence-electron chi connectivity index (χ0n) is 13.0. The molecule has 1 aliphatic heterocycles. The molecule has 0 aromatic heterocycles. The van der Waals surface area contributed by atoms with Gasteiger partial charge in [0.1, 0.15) is 13.2 Å². The van der Waals surface area contributed by atoms with Crippen molar-refractivity contribution in [1.29, 1.82) is 0 Å². The van der Waals surface area contributed by atoms with Crippen molar-refractivity contribution in [3.8, 4) is 11.5 Å². The van der Waals surface area contributed by atoms with Crippen LogP contribution in [0.1, 0.15) is 12.5 Å². The Kier molecular flexibility index (Phi) is 5.21. The van der Waals surface area contributed by atoms with Crippen molar-refractivity contribution in [2.24, 2.45) is 0 Å². The van der Waals surface area contributed by atoms with E-state index in [0.717, 1.165) is 17.1 Å². The Hall–Kier alpha value is -2.28. The Labute approximate surface area is 129 Å². The van der Waals surface area contributed by atoms with Gasteiger partial charge < -0.3 is 14.8 Å².